The monoisotopic (exact) mass is 310 g/mol. The van der Waals surface area contributed by atoms with E-state index in [0.717, 1.165) is 18.0 Å². The topological polar surface area (TPSA) is 34.0 Å². The summed E-state index contributed by atoms with van der Waals surface area (Å²) in [6, 6.07) is 10.6. The minimum Gasteiger partial charge on any atom is -0.484 e. The molecule has 1 aromatic rings. The van der Waals surface area contributed by atoms with Gasteiger partial charge >= 0.3 is 0 Å². The zero-order valence-corrected chi connectivity index (χ0v) is 14.5. The standard InChI is InChI=1S/C20H26N2O/c1-19(2,3)21-14-20(16-8-6-5-7-9-16)12-17(15-10-11-15)22-18(13-20)23-4/h5-9,12,14-15H,10-11,13H2,1-4H3. The molecule has 1 heterocycles. The Hall–Kier alpha value is -1.90. The van der Waals surface area contributed by atoms with Crippen LogP contribution >= 0.6 is 0 Å². The van der Waals surface area contributed by atoms with Gasteiger partial charge in [0.15, 0.2) is 5.90 Å². The number of hydrogen-bond donors (Lipinski definition) is 0. The number of rotatable bonds is 3. The lowest BCUT2D eigenvalue weighted by Gasteiger charge is -2.32. The van der Waals surface area contributed by atoms with Gasteiger partial charge in [0.05, 0.1) is 18.1 Å². The van der Waals surface area contributed by atoms with Crippen LogP contribution in [0.5, 0.6) is 0 Å². The average Bonchev–Trinajstić information content (AvgIpc) is 3.38. The summed E-state index contributed by atoms with van der Waals surface area (Å²) in [6.45, 7) is 6.38. The molecule has 2 aliphatic rings. The second-order valence-electron chi connectivity index (χ2n) is 7.57. The number of methoxy groups -OCH3 is 1. The summed E-state index contributed by atoms with van der Waals surface area (Å²) in [5, 5.41) is 0. The largest absolute Gasteiger partial charge is 0.484 e. The van der Waals surface area contributed by atoms with Crippen LogP contribution in [0.2, 0.25) is 0 Å². The second-order valence-corrected chi connectivity index (χ2v) is 7.57. The first-order valence-corrected chi connectivity index (χ1v) is 8.38. The van der Waals surface area contributed by atoms with Gasteiger partial charge in [0, 0.05) is 24.3 Å². The molecular formula is C20H26N2O. The molecule has 1 aliphatic heterocycles. The van der Waals surface area contributed by atoms with E-state index in [1.807, 2.05) is 0 Å². The molecule has 1 unspecified atom stereocenters. The van der Waals surface area contributed by atoms with Gasteiger partial charge in [-0.15, -0.1) is 0 Å². The molecule has 122 valence electrons. The maximum absolute atomic E-state index is 5.56. The van der Waals surface area contributed by atoms with Crippen LogP contribution in [-0.2, 0) is 10.2 Å². The molecule has 1 aromatic carbocycles. The summed E-state index contributed by atoms with van der Waals surface area (Å²) in [7, 11) is 1.71. The van der Waals surface area contributed by atoms with Gasteiger partial charge in [-0.2, -0.15) is 0 Å². The molecule has 1 atom stereocenters. The summed E-state index contributed by atoms with van der Waals surface area (Å²) in [4.78, 5) is 9.55. The van der Waals surface area contributed by atoms with Crippen LogP contribution in [0.4, 0.5) is 0 Å². The third kappa shape index (κ3) is 3.72. The molecule has 0 amide bonds. The Labute approximate surface area is 139 Å². The van der Waals surface area contributed by atoms with Crippen molar-refractivity contribution in [1.29, 1.82) is 0 Å². The van der Waals surface area contributed by atoms with E-state index in [1.54, 1.807) is 7.11 Å². The van der Waals surface area contributed by atoms with Gasteiger partial charge in [0.1, 0.15) is 0 Å². The van der Waals surface area contributed by atoms with Crippen molar-refractivity contribution in [2.45, 2.75) is 51.0 Å². The Morgan fingerprint density at radius 1 is 1.22 bits per heavy atom. The van der Waals surface area contributed by atoms with Gasteiger partial charge in [-0.1, -0.05) is 30.3 Å². The van der Waals surface area contributed by atoms with Crippen molar-refractivity contribution in [1.82, 2.24) is 0 Å². The van der Waals surface area contributed by atoms with E-state index in [4.69, 9.17) is 14.7 Å². The quantitative estimate of drug-likeness (QED) is 0.755. The van der Waals surface area contributed by atoms with Crippen LogP contribution in [0.3, 0.4) is 0 Å². The fraction of sp³-hybridized carbons (Fsp3) is 0.500. The highest BCUT2D eigenvalue weighted by Gasteiger charge is 2.38. The number of nitrogens with zero attached hydrogens (tertiary/aromatic N) is 2. The molecule has 0 spiro atoms. The fourth-order valence-corrected chi connectivity index (χ4v) is 2.89. The van der Waals surface area contributed by atoms with Gasteiger partial charge < -0.3 is 4.74 Å². The SMILES string of the molecule is COC1=NC(C2CC2)=CC(C=NC(C)(C)C)(c2ccccc2)C1. The van der Waals surface area contributed by atoms with Crippen molar-refractivity contribution >= 4 is 12.1 Å². The molecule has 1 saturated carbocycles. The van der Waals surface area contributed by atoms with Crippen LogP contribution in [-0.4, -0.2) is 24.8 Å². The van der Waals surface area contributed by atoms with Gasteiger partial charge in [-0.05, 0) is 45.3 Å². The van der Waals surface area contributed by atoms with E-state index in [0.29, 0.717) is 5.92 Å². The summed E-state index contributed by atoms with van der Waals surface area (Å²) in [6.07, 6.45) is 7.61. The number of allylic oxidation sites excluding steroid dienone is 2. The predicted octanol–water partition coefficient (Wildman–Crippen LogP) is 4.54. The first kappa shape index (κ1) is 16.0. The van der Waals surface area contributed by atoms with E-state index in [-0.39, 0.29) is 11.0 Å². The van der Waals surface area contributed by atoms with E-state index < -0.39 is 0 Å². The lowest BCUT2D eigenvalue weighted by atomic mass is 9.76. The molecule has 0 bridgehead atoms. The average molecular weight is 310 g/mol. The van der Waals surface area contributed by atoms with Crippen molar-refractivity contribution in [2.24, 2.45) is 15.9 Å². The third-order valence-corrected chi connectivity index (χ3v) is 4.33. The number of aliphatic imine (C=N–C) groups is 2. The Kier molecular flexibility index (Phi) is 4.13. The molecule has 3 rings (SSSR count). The van der Waals surface area contributed by atoms with Crippen molar-refractivity contribution in [3.8, 4) is 0 Å². The summed E-state index contributed by atoms with van der Waals surface area (Å²) >= 11 is 0. The van der Waals surface area contributed by atoms with E-state index >= 15 is 0 Å². The zero-order valence-electron chi connectivity index (χ0n) is 14.5. The molecule has 23 heavy (non-hydrogen) atoms. The van der Waals surface area contributed by atoms with Crippen molar-refractivity contribution in [3.05, 3.63) is 47.7 Å². The molecule has 1 aliphatic carbocycles. The molecular weight excluding hydrogens is 284 g/mol. The summed E-state index contributed by atoms with van der Waals surface area (Å²) < 4.78 is 5.56. The van der Waals surface area contributed by atoms with Crippen LogP contribution in [0.25, 0.3) is 0 Å². The van der Waals surface area contributed by atoms with Gasteiger partial charge in [-0.25, -0.2) is 4.99 Å². The van der Waals surface area contributed by atoms with E-state index in [2.05, 4.69) is 63.4 Å². The Morgan fingerprint density at radius 3 is 2.48 bits per heavy atom. The molecule has 0 aromatic heterocycles. The zero-order chi connectivity index (χ0) is 16.5. The maximum atomic E-state index is 5.56. The van der Waals surface area contributed by atoms with Crippen molar-refractivity contribution < 1.29 is 4.74 Å². The smallest absolute Gasteiger partial charge is 0.189 e. The highest BCUT2D eigenvalue weighted by atomic mass is 16.5. The maximum Gasteiger partial charge on any atom is 0.189 e. The van der Waals surface area contributed by atoms with Gasteiger partial charge in [0.2, 0.25) is 0 Å². The Bertz CT molecular complexity index is 648. The highest BCUT2D eigenvalue weighted by Crippen LogP contribution is 2.43. The summed E-state index contributed by atoms with van der Waals surface area (Å²) in [5.41, 5.74) is 2.05. The van der Waals surface area contributed by atoms with Crippen LogP contribution in [0.15, 0.2) is 52.1 Å². The predicted molar refractivity (Wildman–Crippen MR) is 96.2 cm³/mol. The first-order valence-electron chi connectivity index (χ1n) is 8.38. The molecule has 1 fully saturated rings. The van der Waals surface area contributed by atoms with Gasteiger partial charge in [0.25, 0.3) is 0 Å². The van der Waals surface area contributed by atoms with Crippen molar-refractivity contribution in [3.63, 3.8) is 0 Å². The number of hydrogen-bond acceptors (Lipinski definition) is 3. The molecule has 3 heteroatoms. The van der Waals surface area contributed by atoms with Crippen LogP contribution < -0.4 is 0 Å². The fourth-order valence-electron chi connectivity index (χ4n) is 2.89. The highest BCUT2D eigenvalue weighted by molar-refractivity contribution is 5.90. The Balaban J connectivity index is 2.09. The Morgan fingerprint density at radius 2 is 1.91 bits per heavy atom. The van der Waals surface area contributed by atoms with Crippen molar-refractivity contribution in [2.75, 3.05) is 7.11 Å². The lowest BCUT2D eigenvalue weighted by molar-refractivity contribution is 0.379. The minimum absolute atomic E-state index is 0.100. The van der Waals surface area contributed by atoms with Crippen LogP contribution in [0, 0.1) is 5.92 Å². The normalized spacial score (nSPS) is 25.2. The first-order chi connectivity index (χ1) is 10.9. The third-order valence-electron chi connectivity index (χ3n) is 4.33. The number of ether oxygens (including phenoxy) is 1. The van der Waals surface area contributed by atoms with Gasteiger partial charge in [-0.3, -0.25) is 4.99 Å². The van der Waals surface area contributed by atoms with E-state index in [1.165, 1.54) is 18.4 Å². The number of benzene rings is 1. The van der Waals surface area contributed by atoms with E-state index in [9.17, 15) is 0 Å². The summed E-state index contributed by atoms with van der Waals surface area (Å²) in [5.74, 6) is 1.39. The molecule has 0 N–H and O–H groups in total. The molecule has 0 saturated heterocycles. The lowest BCUT2D eigenvalue weighted by Crippen LogP contribution is -2.34. The van der Waals surface area contributed by atoms with Crippen LogP contribution in [0.1, 0.15) is 45.6 Å². The molecule has 3 nitrogen and oxygen atoms in total. The molecule has 0 radical (unpaired) electrons. The minimum atomic E-state index is -0.264. The second kappa shape index (κ2) is 5.95.